The Morgan fingerprint density at radius 3 is 2.57 bits per heavy atom. The highest BCUT2D eigenvalue weighted by Gasteiger charge is 2.05. The minimum Gasteiger partial charge on any atom is -0.502 e. The summed E-state index contributed by atoms with van der Waals surface area (Å²) in [6, 6.07) is 0. The molecule has 0 spiro atoms. The molecule has 21 heavy (non-hydrogen) atoms. The van der Waals surface area contributed by atoms with Gasteiger partial charge in [-0.25, -0.2) is 4.79 Å². The molecule has 0 aromatic rings. The van der Waals surface area contributed by atoms with Gasteiger partial charge in [-0.1, -0.05) is 6.58 Å². The molecule has 0 heterocycles. The number of methoxy groups -OCH3 is 1. The lowest BCUT2D eigenvalue weighted by molar-refractivity contribution is -0.375. The maximum atomic E-state index is 11.4. The molecule has 0 aliphatic carbocycles. The Bertz CT molecular complexity index is 355. The summed E-state index contributed by atoms with van der Waals surface area (Å²) in [5.74, 6) is 0.399. The molecule has 7 heteroatoms. The lowest BCUT2D eigenvalue weighted by Gasteiger charge is -2.04. The first-order valence-electron chi connectivity index (χ1n) is 6.79. The van der Waals surface area contributed by atoms with Gasteiger partial charge < -0.3 is 19.5 Å². The summed E-state index contributed by atoms with van der Waals surface area (Å²) in [6.45, 7) is 7.20. The molecule has 0 aromatic carbocycles. The predicted octanol–water partition coefficient (Wildman–Crippen LogP) is -1.23. The molecule has 120 valence electrons. The number of hydrogen-bond donors (Lipinski definition) is 2. The smallest absolute Gasteiger partial charge is 0.385 e. The van der Waals surface area contributed by atoms with Crippen molar-refractivity contribution < 1.29 is 28.8 Å². The van der Waals surface area contributed by atoms with Crippen LogP contribution in [0.15, 0.2) is 12.3 Å². The van der Waals surface area contributed by atoms with E-state index in [4.69, 9.17) is 14.2 Å². The fourth-order valence-electron chi connectivity index (χ4n) is 1.24. The summed E-state index contributed by atoms with van der Waals surface area (Å²) >= 11 is 0. The molecular weight excluding hydrogens is 276 g/mol. The molecule has 0 bridgehead atoms. The van der Waals surface area contributed by atoms with Crippen LogP contribution < -0.4 is 10.3 Å². The van der Waals surface area contributed by atoms with Crippen molar-refractivity contribution in [2.75, 3.05) is 40.1 Å². The van der Waals surface area contributed by atoms with Gasteiger partial charge in [0.05, 0.1) is 39.1 Å². The van der Waals surface area contributed by atoms with E-state index in [0.29, 0.717) is 51.6 Å². The zero-order valence-corrected chi connectivity index (χ0v) is 12.8. The molecule has 0 rings (SSSR count). The van der Waals surface area contributed by atoms with Crippen molar-refractivity contribution in [2.45, 2.75) is 19.8 Å². The highest BCUT2D eigenvalue weighted by atomic mass is 16.5. The Morgan fingerprint density at radius 1 is 1.19 bits per heavy atom. The van der Waals surface area contributed by atoms with Gasteiger partial charge in [0.2, 0.25) is 5.91 Å². The fraction of sp³-hybridized carbons (Fsp3) is 0.643. The minimum absolute atomic E-state index is 0.0748. The number of nitrogens with one attached hydrogen (secondary N) is 2. The second-order valence-corrected chi connectivity index (χ2v) is 4.18. The van der Waals surface area contributed by atoms with Crippen LogP contribution in [0.4, 0.5) is 0 Å². The van der Waals surface area contributed by atoms with Gasteiger partial charge in [-0.15, -0.1) is 0 Å². The molecule has 0 saturated heterocycles. The summed E-state index contributed by atoms with van der Waals surface area (Å²) in [5.41, 5.74) is 0. The molecule has 0 saturated carbocycles. The van der Waals surface area contributed by atoms with Crippen molar-refractivity contribution in [1.29, 1.82) is 0 Å². The predicted molar refractivity (Wildman–Crippen MR) is 77.7 cm³/mol. The first-order valence-corrected chi connectivity index (χ1v) is 6.79. The number of allylic oxidation sites excluding steroid dienone is 1. The van der Waals surface area contributed by atoms with E-state index >= 15 is 0 Å². The van der Waals surface area contributed by atoms with Crippen LogP contribution >= 0.6 is 0 Å². The third kappa shape index (κ3) is 14.5. The Kier molecular flexibility index (Phi) is 12.2. The van der Waals surface area contributed by atoms with E-state index in [2.05, 4.69) is 16.9 Å². The minimum atomic E-state index is -0.108. The molecule has 0 aromatic heterocycles. The zero-order valence-electron chi connectivity index (χ0n) is 12.8. The maximum Gasteiger partial charge on any atom is 0.385 e. The average Bonchev–Trinajstić information content (AvgIpc) is 2.46. The molecule has 7 nitrogen and oxygen atoms in total. The Labute approximate surface area is 125 Å². The summed E-state index contributed by atoms with van der Waals surface area (Å²) in [4.78, 5) is 24.5. The van der Waals surface area contributed by atoms with E-state index in [1.54, 1.807) is 6.21 Å². The monoisotopic (exact) mass is 301 g/mol. The van der Waals surface area contributed by atoms with Gasteiger partial charge in [0, 0.05) is 19.9 Å². The zero-order chi connectivity index (χ0) is 15.9. The first-order chi connectivity index (χ1) is 10.1. The Hall–Kier alpha value is -1.73. The third-order valence-electron chi connectivity index (χ3n) is 2.38. The summed E-state index contributed by atoms with van der Waals surface area (Å²) in [7, 11) is 1.53. The van der Waals surface area contributed by atoms with Crippen LogP contribution in [0.3, 0.4) is 0 Å². The van der Waals surface area contributed by atoms with E-state index < -0.39 is 0 Å². The van der Waals surface area contributed by atoms with Gasteiger partial charge in [0.25, 0.3) is 0 Å². The summed E-state index contributed by atoms with van der Waals surface area (Å²) in [5, 5.41) is 2.62. The quantitative estimate of drug-likeness (QED) is 0.268. The van der Waals surface area contributed by atoms with Gasteiger partial charge in [0.15, 0.2) is 6.21 Å². The molecule has 2 N–H and O–H groups in total. The lowest BCUT2D eigenvalue weighted by Crippen LogP contribution is -2.74. The number of rotatable bonds is 12. The van der Waals surface area contributed by atoms with Crippen molar-refractivity contribution in [3.8, 4) is 0 Å². The topological polar surface area (TPSA) is 87.8 Å². The number of carbonyl (C=O) groups excluding carboxylic acids is 2. The number of ether oxygens (including phenoxy) is 3. The average molecular weight is 301 g/mol. The number of hydrogen-bond acceptors (Lipinski definition) is 5. The Balaban J connectivity index is 3.37. The van der Waals surface area contributed by atoms with Crippen LogP contribution in [-0.2, 0) is 23.8 Å². The molecule has 0 aliphatic heterocycles. The molecule has 0 radical (unpaired) electrons. The number of amides is 2. The van der Waals surface area contributed by atoms with Crippen LogP contribution in [0.25, 0.3) is 0 Å². The maximum absolute atomic E-state index is 11.4. The van der Waals surface area contributed by atoms with Crippen molar-refractivity contribution in [1.82, 2.24) is 5.32 Å². The van der Waals surface area contributed by atoms with Gasteiger partial charge in [0.1, 0.15) is 6.61 Å². The van der Waals surface area contributed by atoms with Crippen LogP contribution in [0.2, 0.25) is 0 Å². The van der Waals surface area contributed by atoms with Crippen molar-refractivity contribution in [3.63, 3.8) is 0 Å². The standard InChI is InChI=1S/C14H24N2O5/c1-12(19-3)4-5-14(18)16-7-9-21-11-10-20-8-6-15-13(2)17/h7H,1,4-6,8-11H2,2-3H3,(H,15,17)/p+1. The van der Waals surface area contributed by atoms with E-state index in [-0.39, 0.29) is 11.8 Å². The SMILES string of the molecule is C=C(CCC(=O)[NH+]=CCOCCOCCNC(C)=O)OC. The molecule has 2 amide bonds. The second kappa shape index (κ2) is 13.3. The molecule has 0 unspecified atom stereocenters. The molecular formula is C14H25N2O5+. The van der Waals surface area contributed by atoms with Crippen LogP contribution in [-0.4, -0.2) is 58.1 Å². The lowest BCUT2D eigenvalue weighted by atomic mass is 10.3. The van der Waals surface area contributed by atoms with Gasteiger partial charge >= 0.3 is 5.91 Å². The largest absolute Gasteiger partial charge is 0.502 e. The van der Waals surface area contributed by atoms with Crippen LogP contribution in [0.1, 0.15) is 19.8 Å². The third-order valence-corrected chi connectivity index (χ3v) is 2.38. The Morgan fingerprint density at radius 2 is 1.90 bits per heavy atom. The second-order valence-electron chi connectivity index (χ2n) is 4.18. The molecule has 0 fully saturated rings. The van der Waals surface area contributed by atoms with E-state index in [1.807, 2.05) is 0 Å². The summed E-state index contributed by atoms with van der Waals surface area (Å²) in [6.07, 6.45) is 2.38. The highest BCUT2D eigenvalue weighted by Crippen LogP contribution is 2.00. The van der Waals surface area contributed by atoms with Crippen molar-refractivity contribution >= 4 is 18.0 Å². The van der Waals surface area contributed by atoms with Gasteiger partial charge in [-0.3, -0.25) is 4.79 Å². The highest BCUT2D eigenvalue weighted by molar-refractivity contribution is 5.72. The van der Waals surface area contributed by atoms with Gasteiger partial charge in [-0.2, -0.15) is 4.99 Å². The van der Waals surface area contributed by atoms with Crippen LogP contribution in [0, 0.1) is 0 Å². The molecule has 0 atom stereocenters. The normalized spacial score (nSPS) is 10.6. The van der Waals surface area contributed by atoms with E-state index in [9.17, 15) is 9.59 Å². The first kappa shape index (κ1) is 19.3. The van der Waals surface area contributed by atoms with E-state index in [0.717, 1.165) is 0 Å². The number of carbonyl (C=O) groups is 2. The van der Waals surface area contributed by atoms with Gasteiger partial charge in [-0.05, 0) is 0 Å². The van der Waals surface area contributed by atoms with Crippen LogP contribution in [0.5, 0.6) is 0 Å². The van der Waals surface area contributed by atoms with E-state index in [1.165, 1.54) is 14.0 Å². The fourth-order valence-corrected chi connectivity index (χ4v) is 1.24. The van der Waals surface area contributed by atoms with Crippen molar-refractivity contribution in [2.24, 2.45) is 0 Å². The molecule has 0 aliphatic rings. The van der Waals surface area contributed by atoms with Crippen molar-refractivity contribution in [3.05, 3.63) is 12.3 Å². The summed E-state index contributed by atoms with van der Waals surface area (Å²) < 4.78 is 15.3.